The lowest BCUT2D eigenvalue weighted by Gasteiger charge is -2.30. The van der Waals surface area contributed by atoms with Crippen LogP contribution < -0.4 is 9.40 Å². The van der Waals surface area contributed by atoms with Gasteiger partial charge in [-0.2, -0.15) is 0 Å². The molecule has 0 N–H and O–H groups in total. The maximum absolute atomic E-state index is 6.14. The first-order valence-electron chi connectivity index (χ1n) is 20.7. The number of hydrogen-bond acceptors (Lipinski definition) is 7. The molecule has 0 saturated heterocycles. The van der Waals surface area contributed by atoms with Crippen molar-refractivity contribution in [3.05, 3.63) is 160 Å². The minimum Gasteiger partial charge on any atom is -0.373 e. The van der Waals surface area contributed by atoms with E-state index in [-0.39, 0.29) is 10.8 Å². The number of thioether (sulfide) groups is 1. The summed E-state index contributed by atoms with van der Waals surface area (Å²) in [5, 5.41) is 0.366. The van der Waals surface area contributed by atoms with Gasteiger partial charge in [0.25, 0.3) is 0 Å². The average molecular weight is 848 g/mol. The highest BCUT2D eigenvalue weighted by molar-refractivity contribution is 8.00. The summed E-state index contributed by atoms with van der Waals surface area (Å²) in [5.74, 6) is 0. The Balaban J connectivity index is 1.00. The van der Waals surface area contributed by atoms with Crippen molar-refractivity contribution in [1.82, 2.24) is 0 Å². The Morgan fingerprint density at radius 1 is 0.593 bits per heavy atom. The molecule has 1 aliphatic heterocycles. The zero-order valence-electron chi connectivity index (χ0n) is 34.7. The van der Waals surface area contributed by atoms with Crippen LogP contribution in [0.4, 0.5) is 17.1 Å². The van der Waals surface area contributed by atoms with Crippen LogP contribution in [0.25, 0.3) is 32.0 Å². The first-order valence-corrected chi connectivity index (χ1v) is 24.9. The van der Waals surface area contributed by atoms with Gasteiger partial charge >= 0.3 is 8.80 Å². The Morgan fingerprint density at radius 2 is 1.12 bits per heavy atom. The van der Waals surface area contributed by atoms with Crippen LogP contribution in [0, 0.1) is 0 Å². The van der Waals surface area contributed by atoms with E-state index in [0.717, 1.165) is 10.9 Å². The van der Waals surface area contributed by atoms with Crippen molar-refractivity contribution in [2.24, 2.45) is 0 Å². The number of benzene rings is 5. The van der Waals surface area contributed by atoms with E-state index >= 15 is 0 Å². The van der Waals surface area contributed by atoms with Gasteiger partial charge in [0.05, 0.1) is 4.50 Å². The van der Waals surface area contributed by atoms with E-state index in [2.05, 4.69) is 160 Å². The molecule has 2 aromatic heterocycles. The number of nitrogens with zero attached hydrogens (tertiary/aromatic N) is 1. The van der Waals surface area contributed by atoms with E-state index in [0.29, 0.717) is 18.5 Å². The van der Waals surface area contributed by atoms with Crippen LogP contribution >= 0.6 is 34.4 Å². The van der Waals surface area contributed by atoms with Gasteiger partial charge in [0.15, 0.2) is 0 Å². The van der Waals surface area contributed by atoms with Crippen molar-refractivity contribution in [2.75, 3.05) is 25.2 Å². The van der Waals surface area contributed by atoms with Gasteiger partial charge < -0.3 is 18.2 Å². The van der Waals surface area contributed by atoms with Gasteiger partial charge in [-0.25, -0.2) is 0 Å². The fourth-order valence-corrected chi connectivity index (χ4v) is 16.4. The molecule has 59 heavy (non-hydrogen) atoms. The number of anilines is 3. The van der Waals surface area contributed by atoms with E-state index in [1.54, 1.807) is 18.4 Å². The standard InChI is InChI=1S/C51H49NO3S3Si/c1-8-54-59(53-7,55-9-2)49-27-26-45(58-49)44-24-25-46(56-44)48-28-32-18-19-35(31-47(32)57-48)52(33-20-22-38-36-14-10-12-16-40(36)50(3,4)42(38)29-33)34-21-23-39-37-15-11-13-17-41(37)51(5,6)43(39)30-34/h10-27,29-31,48H,8-9,28H2,1-7H3. The predicted molar refractivity (Wildman–Crippen MR) is 252 cm³/mol. The van der Waals surface area contributed by atoms with Gasteiger partial charge in [-0.1, -0.05) is 94.4 Å². The first-order chi connectivity index (χ1) is 28.6. The second-order valence-corrected chi connectivity index (χ2v) is 23.2. The van der Waals surface area contributed by atoms with Crippen molar-refractivity contribution in [2.45, 2.75) is 68.9 Å². The molecule has 10 rings (SSSR count). The largest absolute Gasteiger partial charge is 0.547 e. The van der Waals surface area contributed by atoms with E-state index in [9.17, 15) is 0 Å². The van der Waals surface area contributed by atoms with Gasteiger partial charge in [-0.3, -0.25) is 0 Å². The van der Waals surface area contributed by atoms with E-state index in [4.69, 9.17) is 13.3 Å². The van der Waals surface area contributed by atoms with Crippen molar-refractivity contribution >= 4 is 64.8 Å². The highest BCUT2D eigenvalue weighted by Crippen LogP contribution is 2.55. The third-order valence-electron chi connectivity index (χ3n) is 12.7. The van der Waals surface area contributed by atoms with Gasteiger partial charge in [0, 0.05) is 73.0 Å². The minimum atomic E-state index is -2.92. The summed E-state index contributed by atoms with van der Waals surface area (Å²) >= 11 is 5.64. The SMILES string of the molecule is CCO[Si](OC)(OCC)c1ccc(-c2ccc(C3Cc4ccc(N(c5ccc6c(c5)C(C)(C)c5ccccc5-6)c5ccc6c(c5)C(C)(C)c5ccccc5-6)cc4S3)s2)s1. The summed E-state index contributed by atoms with van der Waals surface area (Å²) in [7, 11) is -1.22. The summed E-state index contributed by atoms with van der Waals surface area (Å²) in [6.07, 6.45) is 1.01. The maximum atomic E-state index is 6.14. The number of hydrogen-bond donors (Lipinski definition) is 0. The molecule has 0 fully saturated rings. The molecule has 298 valence electrons. The van der Waals surface area contributed by atoms with E-state index in [1.165, 1.54) is 86.7 Å². The Hall–Kier alpha value is -4.25. The van der Waals surface area contributed by atoms with Gasteiger partial charge in [-0.05, 0) is 131 Å². The Bertz CT molecular complexity index is 2630. The normalized spacial score (nSPS) is 16.7. The molecular weight excluding hydrogens is 799 g/mol. The molecule has 3 heterocycles. The summed E-state index contributed by atoms with van der Waals surface area (Å²) in [6.45, 7) is 14.6. The molecule has 0 bridgehead atoms. The molecule has 5 aromatic carbocycles. The molecule has 2 aliphatic carbocycles. The fourth-order valence-electron chi connectivity index (χ4n) is 9.70. The number of thiophene rings is 2. The molecule has 1 atom stereocenters. The van der Waals surface area contributed by atoms with Crippen LogP contribution in [-0.4, -0.2) is 29.1 Å². The number of rotatable bonds is 11. The van der Waals surface area contributed by atoms with Gasteiger partial charge in [-0.15, -0.1) is 34.4 Å². The topological polar surface area (TPSA) is 30.9 Å². The zero-order chi connectivity index (χ0) is 40.7. The summed E-state index contributed by atoms with van der Waals surface area (Å²) < 4.78 is 19.3. The lowest BCUT2D eigenvalue weighted by molar-refractivity contribution is 0.103. The molecule has 7 aromatic rings. The zero-order valence-corrected chi connectivity index (χ0v) is 38.2. The molecule has 4 nitrogen and oxygen atoms in total. The highest BCUT2D eigenvalue weighted by Gasteiger charge is 2.44. The van der Waals surface area contributed by atoms with Crippen LogP contribution in [-0.2, 0) is 30.5 Å². The molecule has 3 aliphatic rings. The van der Waals surface area contributed by atoms with Crippen molar-refractivity contribution < 1.29 is 13.3 Å². The monoisotopic (exact) mass is 847 g/mol. The molecule has 1 unspecified atom stereocenters. The van der Waals surface area contributed by atoms with Crippen LogP contribution in [0.1, 0.15) is 79.5 Å². The summed E-state index contributed by atoms with van der Waals surface area (Å²) in [4.78, 5) is 7.76. The average Bonchev–Trinajstić information content (AvgIpc) is 4.09. The third-order valence-corrected chi connectivity index (χ3v) is 20.1. The van der Waals surface area contributed by atoms with Crippen LogP contribution in [0.15, 0.2) is 132 Å². The molecular formula is C51H49NO3S3Si. The van der Waals surface area contributed by atoms with Crippen molar-refractivity contribution in [1.29, 1.82) is 0 Å². The summed E-state index contributed by atoms with van der Waals surface area (Å²) in [5.41, 5.74) is 15.7. The summed E-state index contributed by atoms with van der Waals surface area (Å²) in [6, 6.07) is 48.2. The smallest absolute Gasteiger partial charge is 0.373 e. The Morgan fingerprint density at radius 3 is 1.71 bits per heavy atom. The molecule has 0 saturated carbocycles. The molecule has 8 heteroatoms. The third kappa shape index (κ3) is 6.25. The van der Waals surface area contributed by atoms with Gasteiger partial charge in [0.2, 0.25) is 0 Å². The minimum absolute atomic E-state index is 0.0954. The highest BCUT2D eigenvalue weighted by atomic mass is 32.2. The van der Waals surface area contributed by atoms with Crippen molar-refractivity contribution in [3.63, 3.8) is 0 Å². The Kier molecular flexibility index (Phi) is 9.72. The van der Waals surface area contributed by atoms with Crippen LogP contribution in [0.3, 0.4) is 0 Å². The predicted octanol–water partition coefficient (Wildman–Crippen LogP) is 13.8. The second kappa shape index (κ2) is 14.7. The molecule has 0 radical (unpaired) electrons. The second-order valence-electron chi connectivity index (χ2n) is 16.7. The van der Waals surface area contributed by atoms with Crippen molar-refractivity contribution in [3.8, 4) is 32.0 Å². The lowest BCUT2D eigenvalue weighted by atomic mass is 9.82. The fraction of sp³-hybridized carbons (Fsp3) is 0.255. The Labute approximate surface area is 362 Å². The van der Waals surface area contributed by atoms with E-state index < -0.39 is 8.80 Å². The first kappa shape index (κ1) is 38.9. The van der Waals surface area contributed by atoms with E-state index in [1.807, 2.05) is 36.9 Å². The lowest BCUT2D eigenvalue weighted by Crippen LogP contribution is -2.54. The molecule has 0 spiro atoms. The maximum Gasteiger partial charge on any atom is 0.547 e. The van der Waals surface area contributed by atoms with Crippen LogP contribution in [0.2, 0.25) is 0 Å². The quantitative estimate of drug-likeness (QED) is 0.121. The number of fused-ring (bicyclic) bond motifs is 7. The van der Waals surface area contributed by atoms with Crippen LogP contribution in [0.5, 0.6) is 0 Å². The van der Waals surface area contributed by atoms with Gasteiger partial charge in [0.1, 0.15) is 0 Å². The molecule has 0 amide bonds.